The number of nitrogens with zero attached hydrogens (tertiary/aromatic N) is 3. The van der Waals surface area contributed by atoms with Crippen molar-refractivity contribution in [1.82, 2.24) is 19.9 Å². The highest BCUT2D eigenvalue weighted by Gasteiger charge is 2.31. The first-order chi connectivity index (χ1) is 13.9. The molecule has 0 aromatic carbocycles. The third-order valence-electron chi connectivity index (χ3n) is 5.02. The van der Waals surface area contributed by atoms with Crippen LogP contribution >= 0.6 is 15.9 Å². The number of halogens is 1. The van der Waals surface area contributed by atoms with Crippen LogP contribution in [0.25, 0.3) is 11.1 Å². The van der Waals surface area contributed by atoms with Crippen molar-refractivity contribution in [3.8, 4) is 0 Å². The van der Waals surface area contributed by atoms with Crippen molar-refractivity contribution >= 4 is 44.7 Å². The first-order valence-corrected chi connectivity index (χ1v) is 9.92. The van der Waals surface area contributed by atoms with E-state index in [0.717, 1.165) is 4.47 Å². The van der Waals surface area contributed by atoms with E-state index >= 15 is 0 Å². The van der Waals surface area contributed by atoms with E-state index < -0.39 is 5.56 Å². The van der Waals surface area contributed by atoms with Crippen LogP contribution in [0.4, 0.5) is 5.82 Å². The molecule has 1 saturated heterocycles. The second kappa shape index (κ2) is 7.78. The molecule has 1 aliphatic rings. The van der Waals surface area contributed by atoms with Crippen LogP contribution in [0, 0.1) is 12.8 Å². The monoisotopic (exact) mass is 459 g/mol. The van der Waals surface area contributed by atoms with Crippen molar-refractivity contribution in [3.63, 3.8) is 0 Å². The fraction of sp³-hybridized carbons (Fsp3) is 0.316. The number of aromatic amines is 1. The molecule has 0 atom stereocenters. The Labute approximate surface area is 173 Å². The van der Waals surface area contributed by atoms with Crippen molar-refractivity contribution in [2.45, 2.75) is 19.8 Å². The molecule has 0 bridgehead atoms. The molecule has 2 amide bonds. The van der Waals surface area contributed by atoms with E-state index in [1.165, 1.54) is 6.33 Å². The first-order valence-electron chi connectivity index (χ1n) is 9.12. The summed E-state index contributed by atoms with van der Waals surface area (Å²) in [4.78, 5) is 49.9. The lowest BCUT2D eigenvalue weighted by molar-refractivity contribution is -0.121. The minimum atomic E-state index is -0.411. The molecule has 4 rings (SSSR count). The SMILES string of the molecule is Cc1oc2nc[nH]c(=O)c2c1C(=O)N1CCC(C(=O)Nc2ccc(Br)cn2)CC1. The summed E-state index contributed by atoms with van der Waals surface area (Å²) in [7, 11) is 0. The number of pyridine rings is 1. The summed E-state index contributed by atoms with van der Waals surface area (Å²) in [5.41, 5.74) is -0.0337. The van der Waals surface area contributed by atoms with Gasteiger partial charge in [0.05, 0.1) is 11.9 Å². The third-order valence-corrected chi connectivity index (χ3v) is 5.48. The second-order valence-corrected chi connectivity index (χ2v) is 7.78. The first kappa shape index (κ1) is 19.3. The van der Waals surface area contributed by atoms with Gasteiger partial charge in [-0.15, -0.1) is 0 Å². The molecular formula is C19H18BrN5O4. The maximum atomic E-state index is 13.0. The van der Waals surface area contributed by atoms with Crippen LogP contribution in [0.3, 0.4) is 0 Å². The van der Waals surface area contributed by atoms with Gasteiger partial charge < -0.3 is 19.6 Å². The topological polar surface area (TPSA) is 121 Å². The van der Waals surface area contributed by atoms with Gasteiger partial charge in [0.25, 0.3) is 11.5 Å². The van der Waals surface area contributed by atoms with Crippen LogP contribution in [0.15, 0.2) is 38.3 Å². The van der Waals surface area contributed by atoms with Gasteiger partial charge in [-0.2, -0.15) is 0 Å². The van der Waals surface area contributed by atoms with Gasteiger partial charge in [-0.1, -0.05) is 0 Å². The number of aryl methyl sites for hydroxylation is 1. The zero-order valence-electron chi connectivity index (χ0n) is 15.6. The molecule has 0 unspecified atom stereocenters. The van der Waals surface area contributed by atoms with Crippen LogP contribution in [-0.4, -0.2) is 44.8 Å². The standard InChI is InChI=1S/C19H18BrN5O4/c1-10-14(15-17(27)22-9-23-18(15)29-10)19(28)25-6-4-11(5-7-25)16(26)24-13-3-2-12(20)8-21-13/h2-3,8-9,11H,4-7H2,1H3,(H,21,24,26)(H,22,23,27). The number of H-pyrrole nitrogens is 1. The van der Waals surface area contributed by atoms with Crippen LogP contribution in [0.5, 0.6) is 0 Å². The van der Waals surface area contributed by atoms with Crippen molar-refractivity contribution in [2.24, 2.45) is 5.92 Å². The van der Waals surface area contributed by atoms with Crippen molar-refractivity contribution in [3.05, 3.63) is 50.8 Å². The lowest BCUT2D eigenvalue weighted by atomic mass is 9.95. The van der Waals surface area contributed by atoms with E-state index in [9.17, 15) is 14.4 Å². The summed E-state index contributed by atoms with van der Waals surface area (Å²) in [5, 5.41) is 2.97. The quantitative estimate of drug-likeness (QED) is 0.620. The van der Waals surface area contributed by atoms with Gasteiger partial charge in [0.1, 0.15) is 17.0 Å². The van der Waals surface area contributed by atoms with E-state index in [0.29, 0.717) is 37.5 Å². The average molecular weight is 460 g/mol. The molecule has 2 N–H and O–H groups in total. The van der Waals surface area contributed by atoms with Crippen LogP contribution < -0.4 is 10.9 Å². The van der Waals surface area contributed by atoms with Crippen LogP contribution in [-0.2, 0) is 4.79 Å². The van der Waals surface area contributed by atoms with Gasteiger partial charge in [-0.05, 0) is 47.8 Å². The smallest absolute Gasteiger partial charge is 0.262 e. The Morgan fingerprint density at radius 2 is 2.03 bits per heavy atom. The summed E-state index contributed by atoms with van der Waals surface area (Å²) < 4.78 is 6.30. The number of rotatable bonds is 3. The number of furan rings is 1. The number of anilines is 1. The minimum absolute atomic E-state index is 0.113. The molecule has 4 heterocycles. The van der Waals surface area contributed by atoms with Gasteiger partial charge >= 0.3 is 0 Å². The number of nitrogens with one attached hydrogen (secondary N) is 2. The third kappa shape index (κ3) is 3.80. The summed E-state index contributed by atoms with van der Waals surface area (Å²) in [6.07, 6.45) is 3.91. The predicted octanol–water partition coefficient (Wildman–Crippen LogP) is 2.47. The normalized spacial score (nSPS) is 14.9. The number of piperidine rings is 1. The van der Waals surface area contributed by atoms with Gasteiger partial charge in [0.15, 0.2) is 0 Å². The summed E-state index contributed by atoms with van der Waals surface area (Å²) in [6.45, 7) is 2.46. The number of hydrogen-bond acceptors (Lipinski definition) is 6. The molecule has 0 spiro atoms. The fourth-order valence-electron chi connectivity index (χ4n) is 3.49. The van der Waals surface area contributed by atoms with Gasteiger partial charge in [-0.25, -0.2) is 9.97 Å². The second-order valence-electron chi connectivity index (χ2n) is 6.86. The average Bonchev–Trinajstić information content (AvgIpc) is 3.06. The molecule has 3 aromatic heterocycles. The van der Waals surface area contributed by atoms with Gasteiger partial charge in [0.2, 0.25) is 11.6 Å². The number of amides is 2. The number of aromatic nitrogens is 3. The molecule has 1 aliphatic heterocycles. The van der Waals surface area contributed by atoms with E-state index in [-0.39, 0.29) is 34.4 Å². The van der Waals surface area contributed by atoms with E-state index in [1.54, 1.807) is 30.2 Å². The van der Waals surface area contributed by atoms with Crippen LogP contribution in [0.2, 0.25) is 0 Å². The highest BCUT2D eigenvalue weighted by Crippen LogP contribution is 2.25. The van der Waals surface area contributed by atoms with E-state index in [2.05, 4.69) is 36.2 Å². The highest BCUT2D eigenvalue weighted by molar-refractivity contribution is 9.10. The predicted molar refractivity (Wildman–Crippen MR) is 109 cm³/mol. The Morgan fingerprint density at radius 1 is 1.28 bits per heavy atom. The lowest BCUT2D eigenvalue weighted by Crippen LogP contribution is -2.41. The highest BCUT2D eigenvalue weighted by atomic mass is 79.9. The number of fused-ring (bicyclic) bond motifs is 1. The summed E-state index contributed by atoms with van der Waals surface area (Å²) >= 11 is 3.30. The zero-order valence-corrected chi connectivity index (χ0v) is 17.2. The Balaban J connectivity index is 1.44. The molecule has 1 fully saturated rings. The van der Waals surface area contributed by atoms with Crippen molar-refractivity contribution in [2.75, 3.05) is 18.4 Å². The number of likely N-dealkylation sites (tertiary alicyclic amines) is 1. The molecule has 10 heteroatoms. The number of carbonyl (C=O) groups is 2. The Kier molecular flexibility index (Phi) is 5.18. The van der Waals surface area contributed by atoms with E-state index in [4.69, 9.17) is 4.42 Å². The summed E-state index contributed by atoms with van der Waals surface area (Å²) in [6, 6.07) is 3.52. The lowest BCUT2D eigenvalue weighted by Gasteiger charge is -2.31. The molecule has 29 heavy (non-hydrogen) atoms. The molecule has 0 radical (unpaired) electrons. The maximum absolute atomic E-state index is 13.0. The molecule has 0 saturated carbocycles. The van der Waals surface area contributed by atoms with Crippen LogP contribution in [0.1, 0.15) is 29.0 Å². The molecule has 3 aromatic rings. The van der Waals surface area contributed by atoms with Gasteiger partial charge in [0, 0.05) is 29.7 Å². The summed E-state index contributed by atoms with van der Waals surface area (Å²) in [5.74, 6) is 0.238. The van der Waals surface area contributed by atoms with E-state index in [1.807, 2.05) is 0 Å². The number of carbonyl (C=O) groups excluding carboxylic acids is 2. The molecule has 0 aliphatic carbocycles. The zero-order chi connectivity index (χ0) is 20.5. The maximum Gasteiger partial charge on any atom is 0.262 e. The Morgan fingerprint density at radius 3 is 2.72 bits per heavy atom. The largest absolute Gasteiger partial charge is 0.442 e. The minimum Gasteiger partial charge on any atom is -0.442 e. The van der Waals surface area contributed by atoms with Crippen molar-refractivity contribution < 1.29 is 14.0 Å². The Hall–Kier alpha value is -3.01. The fourth-order valence-corrected chi connectivity index (χ4v) is 3.73. The van der Waals surface area contributed by atoms with Gasteiger partial charge in [-0.3, -0.25) is 14.4 Å². The number of hydrogen-bond donors (Lipinski definition) is 2. The Bertz CT molecular complexity index is 1130. The molecular weight excluding hydrogens is 442 g/mol. The molecule has 150 valence electrons. The van der Waals surface area contributed by atoms with Crippen molar-refractivity contribution in [1.29, 1.82) is 0 Å². The molecule has 9 nitrogen and oxygen atoms in total.